The third-order valence-corrected chi connectivity index (χ3v) is 4.03. The highest BCUT2D eigenvalue weighted by molar-refractivity contribution is 6.05. The van der Waals surface area contributed by atoms with Crippen LogP contribution in [0.3, 0.4) is 0 Å². The van der Waals surface area contributed by atoms with E-state index in [1.807, 2.05) is 19.9 Å². The molecule has 2 heterocycles. The molecule has 0 N–H and O–H groups in total. The number of amides is 4. The fourth-order valence-electron chi connectivity index (χ4n) is 2.40. The van der Waals surface area contributed by atoms with Crippen LogP contribution in [0, 0.1) is 0 Å². The van der Waals surface area contributed by atoms with Gasteiger partial charge in [0.05, 0.1) is 18.7 Å². The predicted molar refractivity (Wildman–Crippen MR) is 81.4 cm³/mol. The van der Waals surface area contributed by atoms with Crippen molar-refractivity contribution in [2.45, 2.75) is 38.8 Å². The molecule has 8 heteroatoms. The van der Waals surface area contributed by atoms with Crippen LogP contribution in [0.5, 0.6) is 0 Å². The van der Waals surface area contributed by atoms with Gasteiger partial charge in [0.25, 0.3) is 5.91 Å². The first-order chi connectivity index (χ1) is 10.7. The number of nitrogens with zero attached hydrogens (tertiary/aromatic N) is 4. The van der Waals surface area contributed by atoms with Gasteiger partial charge in [0.15, 0.2) is 5.76 Å². The molecule has 8 nitrogen and oxygen atoms in total. The second-order valence-electron chi connectivity index (χ2n) is 6.13. The molecule has 4 amide bonds. The number of hydrogen-bond acceptors (Lipinski definition) is 5. The average Bonchev–Trinajstić information content (AvgIpc) is 3.03. The molecule has 1 aromatic rings. The van der Waals surface area contributed by atoms with Crippen LogP contribution in [0.2, 0.25) is 0 Å². The van der Waals surface area contributed by atoms with Gasteiger partial charge in [0.2, 0.25) is 5.91 Å². The normalized spacial score (nSPS) is 18.3. The molecule has 0 bridgehead atoms. The molecule has 0 radical (unpaired) electrons. The summed E-state index contributed by atoms with van der Waals surface area (Å²) in [7, 11) is 4.56. The number of likely N-dealkylation sites (N-methyl/N-ethyl adjacent to an activating group) is 2. The molecule has 0 aromatic carbocycles. The van der Waals surface area contributed by atoms with E-state index in [0.717, 1.165) is 10.6 Å². The van der Waals surface area contributed by atoms with Crippen molar-refractivity contribution >= 4 is 17.8 Å². The first-order valence-corrected chi connectivity index (χ1v) is 7.46. The van der Waals surface area contributed by atoms with E-state index in [0.29, 0.717) is 5.76 Å². The number of carbonyl (C=O) groups excluding carboxylic acids is 3. The van der Waals surface area contributed by atoms with E-state index in [-0.39, 0.29) is 30.7 Å². The summed E-state index contributed by atoms with van der Waals surface area (Å²) >= 11 is 0. The minimum absolute atomic E-state index is 0.0485. The van der Waals surface area contributed by atoms with Gasteiger partial charge >= 0.3 is 6.03 Å². The van der Waals surface area contributed by atoms with E-state index in [1.165, 1.54) is 23.9 Å². The average molecular weight is 322 g/mol. The Kier molecular flexibility index (Phi) is 4.72. The molecule has 0 spiro atoms. The fraction of sp³-hybridized carbons (Fsp3) is 0.600. The fourth-order valence-corrected chi connectivity index (χ4v) is 2.40. The molecule has 1 fully saturated rings. The number of urea groups is 1. The second-order valence-corrected chi connectivity index (χ2v) is 6.13. The number of aromatic nitrogens is 1. The lowest BCUT2D eigenvalue weighted by Crippen LogP contribution is -2.38. The summed E-state index contributed by atoms with van der Waals surface area (Å²) in [6.07, 6.45) is -0.0485. The van der Waals surface area contributed by atoms with Crippen molar-refractivity contribution < 1.29 is 18.9 Å². The van der Waals surface area contributed by atoms with Gasteiger partial charge in [0.1, 0.15) is 6.04 Å². The van der Waals surface area contributed by atoms with Crippen LogP contribution in [-0.2, 0) is 16.1 Å². The molecule has 1 aromatic heterocycles. The van der Waals surface area contributed by atoms with Crippen molar-refractivity contribution in [2.24, 2.45) is 0 Å². The molecule has 126 valence electrons. The third-order valence-electron chi connectivity index (χ3n) is 4.03. The lowest BCUT2D eigenvalue weighted by Gasteiger charge is -2.20. The second kappa shape index (κ2) is 6.39. The van der Waals surface area contributed by atoms with Crippen molar-refractivity contribution in [3.05, 3.63) is 17.5 Å². The van der Waals surface area contributed by atoms with Crippen LogP contribution in [0.15, 0.2) is 10.6 Å². The quantitative estimate of drug-likeness (QED) is 0.756. The molecular formula is C15H22N4O4. The summed E-state index contributed by atoms with van der Waals surface area (Å²) in [5.41, 5.74) is 0.832. The Bertz CT molecular complexity index is 625. The molecule has 1 atom stereocenters. The van der Waals surface area contributed by atoms with Crippen molar-refractivity contribution in [3.63, 3.8) is 0 Å². The molecule has 2 rings (SSSR count). The van der Waals surface area contributed by atoms with Gasteiger partial charge in [-0.1, -0.05) is 19.0 Å². The molecule has 0 saturated carbocycles. The Morgan fingerprint density at radius 3 is 2.52 bits per heavy atom. The highest BCUT2D eigenvalue weighted by atomic mass is 16.5. The molecule has 0 unspecified atom stereocenters. The summed E-state index contributed by atoms with van der Waals surface area (Å²) < 4.78 is 5.21. The standard InChI is InChI=1S/C15H22N4O4/c1-9(2)11-6-10(23-16-11)8-17(3)13(20)7-12-14(21)19(5)15(22)18(12)4/h6,9,12H,7-8H2,1-5H3/t12-/m1/s1. The summed E-state index contributed by atoms with van der Waals surface area (Å²) in [5.74, 6) is 0.241. The molecule has 1 saturated heterocycles. The van der Waals surface area contributed by atoms with Crippen molar-refractivity contribution in [1.82, 2.24) is 19.9 Å². The van der Waals surface area contributed by atoms with Crippen LogP contribution >= 0.6 is 0 Å². The maximum Gasteiger partial charge on any atom is 0.326 e. The lowest BCUT2D eigenvalue weighted by atomic mass is 10.1. The highest BCUT2D eigenvalue weighted by Crippen LogP contribution is 2.19. The number of imide groups is 1. The van der Waals surface area contributed by atoms with Crippen LogP contribution in [0.1, 0.15) is 37.6 Å². The molecule has 23 heavy (non-hydrogen) atoms. The summed E-state index contributed by atoms with van der Waals surface area (Å²) in [6.45, 7) is 4.28. The Balaban J connectivity index is 1.97. The van der Waals surface area contributed by atoms with Gasteiger partial charge in [-0.3, -0.25) is 14.5 Å². The molecule has 0 aliphatic carbocycles. The Hall–Kier alpha value is -2.38. The zero-order valence-corrected chi connectivity index (χ0v) is 14.1. The van der Waals surface area contributed by atoms with E-state index < -0.39 is 12.1 Å². The molecular weight excluding hydrogens is 300 g/mol. The van der Waals surface area contributed by atoms with Gasteiger partial charge in [-0.25, -0.2) is 4.79 Å². The Morgan fingerprint density at radius 2 is 2.04 bits per heavy atom. The minimum Gasteiger partial charge on any atom is -0.359 e. The molecule has 1 aliphatic heterocycles. The maximum atomic E-state index is 12.3. The minimum atomic E-state index is -0.747. The number of rotatable bonds is 5. The van der Waals surface area contributed by atoms with Crippen molar-refractivity contribution in [2.75, 3.05) is 21.1 Å². The SMILES string of the molecule is CC(C)c1cc(CN(C)C(=O)C[C@@H]2C(=O)N(C)C(=O)N2C)on1. The zero-order valence-electron chi connectivity index (χ0n) is 14.1. The van der Waals surface area contributed by atoms with Gasteiger partial charge < -0.3 is 14.3 Å². The largest absolute Gasteiger partial charge is 0.359 e. The zero-order chi connectivity index (χ0) is 17.3. The van der Waals surface area contributed by atoms with E-state index in [2.05, 4.69) is 5.16 Å². The van der Waals surface area contributed by atoms with Crippen LogP contribution in [0.4, 0.5) is 4.79 Å². The van der Waals surface area contributed by atoms with Crippen molar-refractivity contribution in [3.8, 4) is 0 Å². The van der Waals surface area contributed by atoms with Gasteiger partial charge in [-0.2, -0.15) is 0 Å². The first kappa shape index (κ1) is 17.0. The van der Waals surface area contributed by atoms with Crippen LogP contribution < -0.4 is 0 Å². The first-order valence-electron chi connectivity index (χ1n) is 7.46. The van der Waals surface area contributed by atoms with E-state index in [1.54, 1.807) is 7.05 Å². The molecule has 1 aliphatic rings. The summed E-state index contributed by atoms with van der Waals surface area (Å²) in [4.78, 5) is 39.8. The van der Waals surface area contributed by atoms with E-state index in [9.17, 15) is 14.4 Å². The predicted octanol–water partition coefficient (Wildman–Crippen LogP) is 1.04. The van der Waals surface area contributed by atoms with Gasteiger partial charge in [0, 0.05) is 27.2 Å². The van der Waals surface area contributed by atoms with Crippen molar-refractivity contribution in [1.29, 1.82) is 0 Å². The topological polar surface area (TPSA) is 87.0 Å². The summed E-state index contributed by atoms with van der Waals surface area (Å²) in [5, 5.41) is 3.95. The van der Waals surface area contributed by atoms with Gasteiger partial charge in [-0.05, 0) is 5.92 Å². The van der Waals surface area contributed by atoms with E-state index >= 15 is 0 Å². The van der Waals surface area contributed by atoms with Crippen LogP contribution in [0.25, 0.3) is 0 Å². The number of hydrogen-bond donors (Lipinski definition) is 0. The lowest BCUT2D eigenvalue weighted by molar-refractivity contribution is -0.136. The Labute approximate surface area is 135 Å². The Morgan fingerprint density at radius 1 is 1.39 bits per heavy atom. The smallest absolute Gasteiger partial charge is 0.326 e. The summed E-state index contributed by atoms with van der Waals surface area (Å²) in [6, 6.07) is 0.675. The highest BCUT2D eigenvalue weighted by Gasteiger charge is 2.42. The van der Waals surface area contributed by atoms with E-state index in [4.69, 9.17) is 4.52 Å². The number of carbonyl (C=O) groups is 3. The third kappa shape index (κ3) is 3.35. The van der Waals surface area contributed by atoms with Gasteiger partial charge in [-0.15, -0.1) is 0 Å². The van der Waals surface area contributed by atoms with Crippen LogP contribution in [-0.4, -0.2) is 64.9 Å². The monoisotopic (exact) mass is 322 g/mol. The maximum absolute atomic E-state index is 12.3.